The number of hydrogen-bond acceptors (Lipinski definition) is 2. The number of aryl methyl sites for hydroxylation is 2. The summed E-state index contributed by atoms with van der Waals surface area (Å²) in [5.74, 6) is 0.232. The van der Waals surface area contributed by atoms with Gasteiger partial charge >= 0.3 is 6.61 Å². The summed E-state index contributed by atoms with van der Waals surface area (Å²) in [6.45, 7) is -0.949. The lowest BCUT2D eigenvalue weighted by Crippen LogP contribution is -2.07. The molecule has 86 valence electrons. The SMILES string of the molecule is CCc1cccc(CCC#N)c1OC(F)F. The average Bonchev–Trinajstić information content (AvgIpc) is 2.27. The van der Waals surface area contributed by atoms with Crippen LogP contribution in [0.25, 0.3) is 0 Å². The van der Waals surface area contributed by atoms with Crippen molar-refractivity contribution in [3.8, 4) is 11.8 Å². The van der Waals surface area contributed by atoms with E-state index in [2.05, 4.69) is 4.74 Å². The quantitative estimate of drug-likeness (QED) is 0.770. The monoisotopic (exact) mass is 225 g/mol. The highest BCUT2D eigenvalue weighted by molar-refractivity contribution is 5.42. The van der Waals surface area contributed by atoms with Crippen LogP contribution in [-0.2, 0) is 12.8 Å². The van der Waals surface area contributed by atoms with Crippen molar-refractivity contribution in [2.75, 3.05) is 0 Å². The Kier molecular flexibility index (Phi) is 4.71. The van der Waals surface area contributed by atoms with Gasteiger partial charge in [0.1, 0.15) is 5.75 Å². The predicted molar refractivity (Wildman–Crippen MR) is 56.4 cm³/mol. The van der Waals surface area contributed by atoms with Crippen LogP contribution in [0.3, 0.4) is 0 Å². The Morgan fingerprint density at radius 3 is 2.62 bits per heavy atom. The van der Waals surface area contributed by atoms with Gasteiger partial charge in [0, 0.05) is 6.42 Å². The molecule has 1 aromatic rings. The van der Waals surface area contributed by atoms with E-state index in [1.165, 1.54) is 0 Å². The maximum atomic E-state index is 12.3. The maximum absolute atomic E-state index is 12.3. The molecule has 1 rings (SSSR count). The maximum Gasteiger partial charge on any atom is 0.387 e. The van der Waals surface area contributed by atoms with Gasteiger partial charge in [0.15, 0.2) is 0 Å². The normalized spacial score (nSPS) is 10.2. The summed E-state index contributed by atoms with van der Waals surface area (Å²) < 4.78 is 29.0. The van der Waals surface area contributed by atoms with Crippen LogP contribution in [-0.4, -0.2) is 6.61 Å². The van der Waals surface area contributed by atoms with E-state index in [-0.39, 0.29) is 5.75 Å². The number of nitriles is 1. The largest absolute Gasteiger partial charge is 0.434 e. The van der Waals surface area contributed by atoms with Crippen LogP contribution in [0.4, 0.5) is 8.78 Å². The van der Waals surface area contributed by atoms with Gasteiger partial charge in [-0.15, -0.1) is 0 Å². The first kappa shape index (κ1) is 12.4. The fourth-order valence-electron chi connectivity index (χ4n) is 1.54. The Balaban J connectivity index is 3.00. The minimum absolute atomic E-state index is 0.232. The van der Waals surface area contributed by atoms with Crippen LogP contribution in [0, 0.1) is 11.3 Å². The molecular formula is C12H13F2NO. The van der Waals surface area contributed by atoms with E-state index in [9.17, 15) is 8.78 Å². The Labute approximate surface area is 93.5 Å². The van der Waals surface area contributed by atoms with E-state index in [0.717, 1.165) is 5.56 Å². The molecule has 0 unspecified atom stereocenters. The number of para-hydroxylation sites is 1. The van der Waals surface area contributed by atoms with Crippen LogP contribution >= 0.6 is 0 Å². The number of hydrogen-bond donors (Lipinski definition) is 0. The van der Waals surface area contributed by atoms with E-state index in [1.54, 1.807) is 18.2 Å². The van der Waals surface area contributed by atoms with Crippen molar-refractivity contribution >= 4 is 0 Å². The molecule has 0 radical (unpaired) electrons. The molecule has 0 saturated carbocycles. The van der Waals surface area contributed by atoms with E-state index < -0.39 is 6.61 Å². The molecule has 0 aliphatic carbocycles. The molecule has 0 atom stereocenters. The lowest BCUT2D eigenvalue weighted by Gasteiger charge is -2.13. The number of rotatable bonds is 5. The summed E-state index contributed by atoms with van der Waals surface area (Å²) in [4.78, 5) is 0. The van der Waals surface area contributed by atoms with Gasteiger partial charge in [-0.2, -0.15) is 14.0 Å². The molecule has 0 heterocycles. The van der Waals surface area contributed by atoms with Gasteiger partial charge in [-0.1, -0.05) is 25.1 Å². The zero-order valence-electron chi connectivity index (χ0n) is 9.04. The van der Waals surface area contributed by atoms with Gasteiger partial charge in [0.25, 0.3) is 0 Å². The van der Waals surface area contributed by atoms with E-state index in [0.29, 0.717) is 24.8 Å². The zero-order chi connectivity index (χ0) is 12.0. The van der Waals surface area contributed by atoms with Crippen LogP contribution < -0.4 is 4.74 Å². The minimum atomic E-state index is -2.83. The summed E-state index contributed by atoms with van der Waals surface area (Å²) >= 11 is 0. The summed E-state index contributed by atoms with van der Waals surface area (Å²) in [6, 6.07) is 7.26. The molecule has 2 nitrogen and oxygen atoms in total. The minimum Gasteiger partial charge on any atom is -0.434 e. The second-order valence-corrected chi connectivity index (χ2v) is 3.30. The van der Waals surface area contributed by atoms with Crippen molar-refractivity contribution in [3.63, 3.8) is 0 Å². The van der Waals surface area contributed by atoms with Crippen molar-refractivity contribution < 1.29 is 13.5 Å². The molecular weight excluding hydrogens is 212 g/mol. The molecule has 1 aromatic carbocycles. The fraction of sp³-hybridized carbons (Fsp3) is 0.417. The molecule has 0 saturated heterocycles. The summed E-state index contributed by atoms with van der Waals surface area (Å²) in [7, 11) is 0. The number of benzene rings is 1. The Bertz CT molecular complexity index is 385. The van der Waals surface area contributed by atoms with Crippen molar-refractivity contribution in [2.24, 2.45) is 0 Å². The van der Waals surface area contributed by atoms with Gasteiger partial charge in [0.05, 0.1) is 6.07 Å². The van der Waals surface area contributed by atoms with Gasteiger partial charge in [-0.25, -0.2) is 0 Å². The average molecular weight is 225 g/mol. The fourth-order valence-corrected chi connectivity index (χ4v) is 1.54. The molecule has 0 aromatic heterocycles. The van der Waals surface area contributed by atoms with E-state index >= 15 is 0 Å². The molecule has 4 heteroatoms. The third kappa shape index (κ3) is 3.20. The van der Waals surface area contributed by atoms with Crippen molar-refractivity contribution in [2.45, 2.75) is 32.8 Å². The standard InChI is InChI=1S/C12H13F2NO/c1-2-9-5-3-6-10(7-4-8-15)11(9)16-12(13)14/h3,5-6,12H,2,4,7H2,1H3. The molecule has 0 aliphatic heterocycles. The Morgan fingerprint density at radius 1 is 1.38 bits per heavy atom. The van der Waals surface area contributed by atoms with Crippen LogP contribution in [0.5, 0.6) is 5.75 Å². The number of alkyl halides is 2. The first-order chi connectivity index (χ1) is 7.69. The van der Waals surface area contributed by atoms with Gasteiger partial charge < -0.3 is 4.74 Å². The van der Waals surface area contributed by atoms with Crippen LogP contribution in [0.15, 0.2) is 18.2 Å². The summed E-state index contributed by atoms with van der Waals surface area (Å²) in [6.07, 6.45) is 1.36. The van der Waals surface area contributed by atoms with Crippen molar-refractivity contribution in [1.82, 2.24) is 0 Å². The first-order valence-electron chi connectivity index (χ1n) is 5.11. The van der Waals surface area contributed by atoms with Crippen molar-refractivity contribution in [1.29, 1.82) is 5.26 Å². The first-order valence-corrected chi connectivity index (χ1v) is 5.11. The molecule has 0 amide bonds. The zero-order valence-corrected chi connectivity index (χ0v) is 9.04. The Hall–Kier alpha value is -1.63. The number of ether oxygens (including phenoxy) is 1. The molecule has 16 heavy (non-hydrogen) atoms. The number of halogens is 2. The van der Waals surface area contributed by atoms with E-state index in [1.807, 2.05) is 13.0 Å². The molecule has 0 fully saturated rings. The van der Waals surface area contributed by atoms with Gasteiger partial charge in [-0.05, 0) is 24.0 Å². The third-order valence-corrected chi connectivity index (χ3v) is 2.27. The highest BCUT2D eigenvalue weighted by Crippen LogP contribution is 2.27. The highest BCUT2D eigenvalue weighted by Gasteiger charge is 2.13. The van der Waals surface area contributed by atoms with E-state index in [4.69, 9.17) is 5.26 Å². The second-order valence-electron chi connectivity index (χ2n) is 3.30. The second kappa shape index (κ2) is 6.06. The summed E-state index contributed by atoms with van der Waals surface area (Å²) in [5, 5.41) is 8.49. The predicted octanol–water partition coefficient (Wildman–Crippen LogP) is 3.31. The lowest BCUT2D eigenvalue weighted by molar-refractivity contribution is -0.0510. The van der Waals surface area contributed by atoms with Gasteiger partial charge in [-0.3, -0.25) is 0 Å². The van der Waals surface area contributed by atoms with Crippen LogP contribution in [0.1, 0.15) is 24.5 Å². The highest BCUT2D eigenvalue weighted by atomic mass is 19.3. The molecule has 0 spiro atoms. The molecule has 0 bridgehead atoms. The summed E-state index contributed by atoms with van der Waals surface area (Å²) in [5.41, 5.74) is 1.41. The topological polar surface area (TPSA) is 33.0 Å². The third-order valence-electron chi connectivity index (χ3n) is 2.27. The molecule has 0 N–H and O–H groups in total. The van der Waals surface area contributed by atoms with Crippen molar-refractivity contribution in [3.05, 3.63) is 29.3 Å². The van der Waals surface area contributed by atoms with Gasteiger partial charge in [0.2, 0.25) is 0 Å². The Morgan fingerprint density at radius 2 is 2.06 bits per heavy atom. The molecule has 0 aliphatic rings. The number of nitrogens with zero attached hydrogens (tertiary/aromatic N) is 1. The van der Waals surface area contributed by atoms with Crippen LogP contribution in [0.2, 0.25) is 0 Å². The lowest BCUT2D eigenvalue weighted by atomic mass is 10.0. The smallest absolute Gasteiger partial charge is 0.387 e.